The molecule has 0 aliphatic rings. The van der Waals surface area contributed by atoms with Gasteiger partial charge in [0, 0.05) is 7.11 Å². The third-order valence-electron chi connectivity index (χ3n) is 0.529. The van der Waals surface area contributed by atoms with Crippen LogP contribution in [0.3, 0.4) is 0 Å². The van der Waals surface area contributed by atoms with E-state index in [1.807, 2.05) is 0 Å². The van der Waals surface area contributed by atoms with Crippen molar-refractivity contribution in [2.75, 3.05) is 13.4 Å². The summed E-state index contributed by atoms with van der Waals surface area (Å²) < 4.78 is 37.5. The van der Waals surface area contributed by atoms with Gasteiger partial charge in [-0.3, -0.25) is 4.57 Å². The molecule has 0 saturated heterocycles. The van der Waals surface area contributed by atoms with Crippen LogP contribution in [0.5, 0.6) is 0 Å². The minimum atomic E-state index is -3.51. The highest BCUT2D eigenvalue weighted by molar-refractivity contribution is 8.47. The first-order valence-corrected chi connectivity index (χ1v) is 6.81. The highest BCUT2D eigenvalue weighted by Crippen LogP contribution is 2.46. The summed E-state index contributed by atoms with van der Waals surface area (Å²) in [6.45, 7) is -3.44. The van der Waals surface area contributed by atoms with Crippen LogP contribution in [-0.4, -0.2) is 21.8 Å². The Morgan fingerprint density at radius 3 is 2.10 bits per heavy atom. The molecule has 0 aliphatic heterocycles. The van der Waals surface area contributed by atoms with Crippen LogP contribution in [0.25, 0.3) is 0 Å². The van der Waals surface area contributed by atoms with Gasteiger partial charge in [-0.15, -0.1) is 4.49 Å². The zero-order valence-corrected chi connectivity index (χ0v) is 8.04. The molecule has 0 fully saturated rings. The van der Waals surface area contributed by atoms with Gasteiger partial charge in [0.1, 0.15) is 0 Å². The van der Waals surface area contributed by atoms with E-state index >= 15 is 0 Å². The molecule has 0 rings (SSSR count). The van der Waals surface area contributed by atoms with Crippen molar-refractivity contribution in [2.24, 2.45) is 0 Å². The molecule has 0 aromatic carbocycles. The molecule has 0 amide bonds. The average Bonchev–Trinajstić information content (AvgIpc) is 1.60. The molecule has 0 bridgehead atoms. The van der Waals surface area contributed by atoms with Crippen molar-refractivity contribution in [3.05, 3.63) is 0 Å². The summed E-state index contributed by atoms with van der Waals surface area (Å²) in [5, 5.41) is 0. The molecule has 0 radical (unpaired) electrons. The zero-order chi connectivity index (χ0) is 8.41. The molecule has 0 aromatic heterocycles. The molecule has 1 unspecified atom stereocenters. The van der Waals surface area contributed by atoms with Gasteiger partial charge >= 0.3 is 6.72 Å². The van der Waals surface area contributed by atoms with Crippen LogP contribution in [0.1, 0.15) is 0 Å². The van der Waals surface area contributed by atoms with Crippen LogP contribution in [-0.2, 0) is 19.1 Å². The Labute approximate surface area is 64.9 Å². The van der Waals surface area contributed by atoms with Crippen LogP contribution in [0.4, 0.5) is 0 Å². The average molecular weight is 205 g/mol. The Hall–Kier alpha value is 0.450. The molecule has 5 nitrogen and oxygen atoms in total. The first-order valence-electron chi connectivity index (χ1n) is 2.14. The molecular weight excluding hydrogens is 197 g/mol. The lowest BCUT2D eigenvalue weighted by Crippen LogP contribution is -2.17. The molecule has 1 atom stereocenters. The van der Waals surface area contributed by atoms with Gasteiger partial charge in [-0.1, -0.05) is 12.2 Å². The van der Waals surface area contributed by atoms with Gasteiger partial charge in [-0.2, -0.15) is 0 Å². The number of hydrogen-bond donors (Lipinski definition) is 2. The third kappa shape index (κ3) is 5.25. The second-order valence-corrected chi connectivity index (χ2v) is 6.83. The standard InChI is InChI=1S/C2H8NO4PS2/c1-7-8(4,9)3-10(2,5)6/h1-2H3,(H2,3,4,9). The van der Waals surface area contributed by atoms with Crippen LogP contribution < -0.4 is 4.49 Å². The molecule has 0 saturated carbocycles. The number of sulfonamides is 1. The highest BCUT2D eigenvalue weighted by Gasteiger charge is 2.19. The van der Waals surface area contributed by atoms with E-state index in [0.717, 1.165) is 13.4 Å². The minimum Gasteiger partial charge on any atom is -0.313 e. The number of hydrogen-bond acceptors (Lipinski definition) is 4. The van der Waals surface area contributed by atoms with Gasteiger partial charge in [-0.25, -0.2) is 8.42 Å². The maximum absolute atomic E-state index is 10.7. The maximum atomic E-state index is 10.7. The Balaban J connectivity index is 4.32. The van der Waals surface area contributed by atoms with E-state index in [1.54, 1.807) is 4.49 Å². The maximum Gasteiger partial charge on any atom is 0.336 e. The van der Waals surface area contributed by atoms with Crippen molar-refractivity contribution in [3.63, 3.8) is 0 Å². The fourth-order valence-corrected chi connectivity index (χ4v) is 3.56. The Bertz CT molecular complexity index is 246. The largest absolute Gasteiger partial charge is 0.336 e. The van der Waals surface area contributed by atoms with E-state index in [4.69, 9.17) is 0 Å². The second kappa shape index (κ2) is 3.23. The predicted molar refractivity (Wildman–Crippen MR) is 41.6 cm³/mol. The lowest BCUT2D eigenvalue weighted by atomic mass is 11.8. The lowest BCUT2D eigenvalue weighted by Gasteiger charge is -2.07. The topological polar surface area (TPSA) is 72.5 Å². The molecule has 1 N–H and O–H groups in total. The van der Waals surface area contributed by atoms with Crippen molar-refractivity contribution in [1.82, 2.24) is 4.49 Å². The Morgan fingerprint density at radius 2 is 2.00 bits per heavy atom. The fraction of sp³-hybridized carbons (Fsp3) is 1.00. The van der Waals surface area contributed by atoms with Crippen LogP contribution in [0, 0.1) is 0 Å². The summed E-state index contributed by atoms with van der Waals surface area (Å²) in [6.07, 6.45) is 0.870. The fourth-order valence-electron chi connectivity index (χ4n) is 0.247. The van der Waals surface area contributed by atoms with Gasteiger partial charge < -0.3 is 4.52 Å². The van der Waals surface area contributed by atoms with Gasteiger partial charge in [0.15, 0.2) is 0 Å². The summed E-state index contributed by atoms with van der Waals surface area (Å²) in [4.78, 5) is 0. The molecule has 0 aliphatic carbocycles. The van der Waals surface area contributed by atoms with Crippen molar-refractivity contribution >= 4 is 29.0 Å². The van der Waals surface area contributed by atoms with E-state index in [0.29, 0.717) is 0 Å². The van der Waals surface area contributed by atoms with E-state index in [1.165, 1.54) is 0 Å². The molecule has 8 heteroatoms. The first kappa shape index (κ1) is 10.4. The molecular formula is C2H8NO4PS2. The van der Waals surface area contributed by atoms with Gasteiger partial charge in [0.05, 0.1) is 6.26 Å². The van der Waals surface area contributed by atoms with Crippen LogP contribution in [0.15, 0.2) is 0 Å². The molecule has 0 aromatic rings. The van der Waals surface area contributed by atoms with E-state index in [-0.39, 0.29) is 0 Å². The first-order chi connectivity index (χ1) is 4.27. The van der Waals surface area contributed by atoms with E-state index in [2.05, 4.69) is 16.8 Å². The Kier molecular flexibility index (Phi) is 3.38. The van der Waals surface area contributed by atoms with Crippen LogP contribution >= 0.6 is 19.0 Å². The van der Waals surface area contributed by atoms with Gasteiger partial charge in [0.2, 0.25) is 10.0 Å². The third-order valence-corrected chi connectivity index (χ3v) is 4.50. The van der Waals surface area contributed by atoms with E-state index in [9.17, 15) is 13.0 Å². The summed E-state index contributed by atoms with van der Waals surface area (Å²) >= 11 is 3.42. The minimum absolute atomic E-state index is 0.870. The second-order valence-electron chi connectivity index (χ2n) is 1.57. The molecule has 0 heterocycles. The summed E-state index contributed by atoms with van der Waals surface area (Å²) in [5.41, 5.74) is 0. The van der Waals surface area contributed by atoms with Gasteiger partial charge in [-0.05, 0) is 0 Å². The smallest absolute Gasteiger partial charge is 0.313 e. The summed E-state index contributed by atoms with van der Waals surface area (Å²) in [7, 11) is -2.41. The summed E-state index contributed by atoms with van der Waals surface area (Å²) in [6, 6.07) is 0. The predicted octanol–water partition coefficient (Wildman–Crippen LogP) is 0.220. The quantitative estimate of drug-likeness (QED) is 0.510. The monoisotopic (exact) mass is 205 g/mol. The Morgan fingerprint density at radius 1 is 1.60 bits per heavy atom. The molecule has 62 valence electrons. The van der Waals surface area contributed by atoms with Crippen molar-refractivity contribution in [1.29, 1.82) is 0 Å². The van der Waals surface area contributed by atoms with Crippen molar-refractivity contribution < 1.29 is 17.5 Å². The van der Waals surface area contributed by atoms with Crippen molar-refractivity contribution in [3.8, 4) is 0 Å². The lowest BCUT2D eigenvalue weighted by molar-refractivity contribution is 0.406. The van der Waals surface area contributed by atoms with Gasteiger partial charge in [0.25, 0.3) is 0 Å². The highest BCUT2D eigenvalue weighted by atomic mass is 32.7. The summed E-state index contributed by atoms with van der Waals surface area (Å²) in [5.74, 6) is 0. The number of nitrogens with one attached hydrogen (secondary N) is 1. The normalized spacial score (nSPS) is 18.3. The van der Waals surface area contributed by atoms with E-state index < -0.39 is 16.7 Å². The number of thiol groups is 1. The van der Waals surface area contributed by atoms with Crippen molar-refractivity contribution in [2.45, 2.75) is 0 Å². The molecule has 10 heavy (non-hydrogen) atoms. The van der Waals surface area contributed by atoms with Crippen LogP contribution in [0.2, 0.25) is 0 Å². The zero-order valence-electron chi connectivity index (χ0n) is 5.44. The number of rotatable bonds is 3. The SMILES string of the molecule is COP(=O)(S)NS(C)(=O)=O. The molecule has 0 spiro atoms.